The molecule has 1 atom stereocenters. The number of hydrogen-bond acceptors (Lipinski definition) is 3. The molecule has 1 aliphatic heterocycles. The van der Waals surface area contributed by atoms with Crippen LogP contribution in [0.1, 0.15) is 29.4 Å². The number of amides is 1. The van der Waals surface area contributed by atoms with Gasteiger partial charge >= 0.3 is 0 Å². The van der Waals surface area contributed by atoms with Crippen LogP contribution in [0.2, 0.25) is 0 Å². The molecule has 5 heteroatoms. The third kappa shape index (κ3) is 2.96. The molecule has 0 aromatic carbocycles. The van der Waals surface area contributed by atoms with E-state index in [-0.39, 0.29) is 5.91 Å². The van der Waals surface area contributed by atoms with Gasteiger partial charge in [-0.15, -0.1) is 0 Å². The van der Waals surface area contributed by atoms with E-state index >= 15 is 0 Å². The van der Waals surface area contributed by atoms with Gasteiger partial charge in [0.2, 0.25) is 5.91 Å². The first kappa shape index (κ1) is 13.8. The fourth-order valence-electron chi connectivity index (χ4n) is 2.97. The molecular formula is C16H20N4O. The van der Waals surface area contributed by atoms with Crippen molar-refractivity contribution in [2.24, 2.45) is 0 Å². The van der Waals surface area contributed by atoms with Crippen LogP contribution in [0.15, 0.2) is 30.6 Å². The van der Waals surface area contributed by atoms with Gasteiger partial charge in [0.15, 0.2) is 0 Å². The molecule has 0 radical (unpaired) electrons. The average Bonchev–Trinajstić information content (AvgIpc) is 3.06. The van der Waals surface area contributed by atoms with Gasteiger partial charge in [-0.3, -0.25) is 14.5 Å². The lowest BCUT2D eigenvalue weighted by atomic mass is 10.2. The maximum absolute atomic E-state index is 12.4. The van der Waals surface area contributed by atoms with Gasteiger partial charge in [-0.1, -0.05) is 6.07 Å². The van der Waals surface area contributed by atoms with Crippen molar-refractivity contribution in [3.63, 3.8) is 0 Å². The standard InChI is InChI=1S/C16H20N4O/c1-12-8-13(2)20(18-12)15-5-7-19(11-15)16(21)9-14-4-3-6-17-10-14/h3-4,6,8,10,15H,5,7,9,11H2,1-2H3/t15-/m1/s1. The second-order valence-electron chi connectivity index (χ2n) is 5.69. The number of likely N-dealkylation sites (tertiary alicyclic amines) is 1. The highest BCUT2D eigenvalue weighted by molar-refractivity contribution is 5.79. The van der Waals surface area contributed by atoms with Crippen molar-refractivity contribution in [3.05, 3.63) is 47.5 Å². The molecule has 0 N–H and O–H groups in total. The summed E-state index contributed by atoms with van der Waals surface area (Å²) < 4.78 is 2.06. The minimum Gasteiger partial charge on any atom is -0.340 e. The summed E-state index contributed by atoms with van der Waals surface area (Å²) in [5, 5.41) is 4.54. The van der Waals surface area contributed by atoms with E-state index in [1.807, 2.05) is 24.0 Å². The molecule has 5 nitrogen and oxygen atoms in total. The molecule has 0 spiro atoms. The van der Waals surface area contributed by atoms with Crippen LogP contribution >= 0.6 is 0 Å². The summed E-state index contributed by atoms with van der Waals surface area (Å²) in [6.45, 7) is 5.63. The minimum atomic E-state index is 0.173. The van der Waals surface area contributed by atoms with E-state index in [1.165, 1.54) is 5.69 Å². The van der Waals surface area contributed by atoms with Crippen LogP contribution in [-0.4, -0.2) is 38.7 Å². The Kier molecular flexibility index (Phi) is 3.73. The SMILES string of the molecule is Cc1cc(C)n([C@@H]2CCN(C(=O)Cc3cccnc3)C2)n1. The van der Waals surface area contributed by atoms with Crippen LogP contribution in [0, 0.1) is 13.8 Å². The number of carbonyl (C=O) groups excluding carboxylic acids is 1. The zero-order valence-corrected chi connectivity index (χ0v) is 12.5. The summed E-state index contributed by atoms with van der Waals surface area (Å²) in [4.78, 5) is 18.3. The first-order valence-electron chi connectivity index (χ1n) is 7.33. The number of pyridine rings is 1. The first-order chi connectivity index (χ1) is 10.1. The molecular weight excluding hydrogens is 264 g/mol. The summed E-state index contributed by atoms with van der Waals surface area (Å²) in [5.74, 6) is 0.173. The van der Waals surface area contributed by atoms with Crippen molar-refractivity contribution in [3.8, 4) is 0 Å². The molecule has 3 heterocycles. The van der Waals surface area contributed by atoms with E-state index in [1.54, 1.807) is 12.4 Å². The van der Waals surface area contributed by atoms with E-state index in [4.69, 9.17) is 0 Å². The molecule has 21 heavy (non-hydrogen) atoms. The van der Waals surface area contributed by atoms with Gasteiger partial charge in [0.05, 0.1) is 18.2 Å². The Bertz CT molecular complexity index is 635. The molecule has 2 aromatic heterocycles. The summed E-state index contributed by atoms with van der Waals surface area (Å²) in [6, 6.07) is 6.20. The molecule has 1 saturated heterocycles. The van der Waals surface area contributed by atoms with E-state index in [0.717, 1.165) is 30.8 Å². The highest BCUT2D eigenvalue weighted by Gasteiger charge is 2.28. The monoisotopic (exact) mass is 284 g/mol. The number of carbonyl (C=O) groups is 1. The number of nitrogens with zero attached hydrogens (tertiary/aromatic N) is 4. The van der Waals surface area contributed by atoms with Crippen molar-refractivity contribution >= 4 is 5.91 Å². The predicted octanol–water partition coefficient (Wildman–Crippen LogP) is 1.91. The van der Waals surface area contributed by atoms with Gasteiger partial charge in [0.1, 0.15) is 0 Å². The van der Waals surface area contributed by atoms with Crippen molar-refractivity contribution in [2.45, 2.75) is 32.7 Å². The Morgan fingerprint density at radius 3 is 2.95 bits per heavy atom. The predicted molar refractivity (Wildman–Crippen MR) is 79.9 cm³/mol. The molecule has 0 aliphatic carbocycles. The lowest BCUT2D eigenvalue weighted by Crippen LogP contribution is -2.30. The zero-order valence-electron chi connectivity index (χ0n) is 12.5. The van der Waals surface area contributed by atoms with Gasteiger partial charge in [-0.2, -0.15) is 5.10 Å². The summed E-state index contributed by atoms with van der Waals surface area (Å²) in [7, 11) is 0. The zero-order chi connectivity index (χ0) is 14.8. The van der Waals surface area contributed by atoms with Crippen LogP contribution in [0.3, 0.4) is 0 Å². The van der Waals surface area contributed by atoms with Gasteiger partial charge < -0.3 is 4.90 Å². The normalized spacial score (nSPS) is 18.2. The van der Waals surface area contributed by atoms with Crippen molar-refractivity contribution in [1.29, 1.82) is 0 Å². The fourth-order valence-corrected chi connectivity index (χ4v) is 2.97. The maximum Gasteiger partial charge on any atom is 0.227 e. The van der Waals surface area contributed by atoms with E-state index in [9.17, 15) is 4.79 Å². The highest BCUT2D eigenvalue weighted by atomic mass is 16.2. The third-order valence-corrected chi connectivity index (χ3v) is 3.98. The van der Waals surface area contributed by atoms with E-state index in [2.05, 4.69) is 27.8 Å². The second kappa shape index (κ2) is 5.68. The van der Waals surface area contributed by atoms with E-state index < -0.39 is 0 Å². The molecule has 1 aliphatic rings. The molecule has 1 amide bonds. The highest BCUT2D eigenvalue weighted by Crippen LogP contribution is 2.23. The smallest absolute Gasteiger partial charge is 0.227 e. The fraction of sp³-hybridized carbons (Fsp3) is 0.438. The van der Waals surface area contributed by atoms with Crippen LogP contribution in [-0.2, 0) is 11.2 Å². The van der Waals surface area contributed by atoms with Crippen molar-refractivity contribution < 1.29 is 4.79 Å². The number of aromatic nitrogens is 3. The number of aryl methyl sites for hydroxylation is 2. The van der Waals surface area contributed by atoms with Gasteiger partial charge in [-0.25, -0.2) is 0 Å². The molecule has 0 bridgehead atoms. The van der Waals surface area contributed by atoms with Crippen LogP contribution in [0.5, 0.6) is 0 Å². The molecule has 0 unspecified atom stereocenters. The first-order valence-corrected chi connectivity index (χ1v) is 7.33. The van der Waals surface area contributed by atoms with E-state index in [0.29, 0.717) is 12.5 Å². The van der Waals surface area contributed by atoms with Gasteiger partial charge in [0.25, 0.3) is 0 Å². The van der Waals surface area contributed by atoms with Crippen molar-refractivity contribution in [1.82, 2.24) is 19.7 Å². The van der Waals surface area contributed by atoms with Gasteiger partial charge in [-0.05, 0) is 38.0 Å². The Morgan fingerprint density at radius 2 is 2.29 bits per heavy atom. The lowest BCUT2D eigenvalue weighted by Gasteiger charge is -2.17. The topological polar surface area (TPSA) is 51.0 Å². The number of rotatable bonds is 3. The average molecular weight is 284 g/mol. The summed E-state index contributed by atoms with van der Waals surface area (Å²) in [6.07, 6.45) is 4.88. The maximum atomic E-state index is 12.4. The largest absolute Gasteiger partial charge is 0.340 e. The van der Waals surface area contributed by atoms with Crippen molar-refractivity contribution in [2.75, 3.05) is 13.1 Å². The molecule has 110 valence electrons. The van der Waals surface area contributed by atoms with Crippen LogP contribution in [0.4, 0.5) is 0 Å². The Morgan fingerprint density at radius 1 is 1.43 bits per heavy atom. The Balaban J connectivity index is 1.64. The molecule has 3 rings (SSSR count). The third-order valence-electron chi connectivity index (χ3n) is 3.98. The second-order valence-corrected chi connectivity index (χ2v) is 5.69. The van der Waals surface area contributed by atoms with Gasteiger partial charge in [0, 0.05) is 31.2 Å². The minimum absolute atomic E-state index is 0.173. The molecule has 0 saturated carbocycles. The number of hydrogen-bond donors (Lipinski definition) is 0. The Hall–Kier alpha value is -2.17. The summed E-state index contributed by atoms with van der Waals surface area (Å²) in [5.41, 5.74) is 3.17. The van der Waals surface area contributed by atoms with Crippen LogP contribution in [0.25, 0.3) is 0 Å². The Labute approximate surface area is 124 Å². The lowest BCUT2D eigenvalue weighted by molar-refractivity contribution is -0.129. The summed E-state index contributed by atoms with van der Waals surface area (Å²) >= 11 is 0. The quantitative estimate of drug-likeness (QED) is 0.865. The van der Waals surface area contributed by atoms with Crippen LogP contribution < -0.4 is 0 Å². The molecule has 2 aromatic rings. The molecule has 1 fully saturated rings.